The number of amidine groups is 2. The second-order valence-electron chi connectivity index (χ2n) is 12.4. The lowest BCUT2D eigenvalue weighted by Gasteiger charge is -2.28. The number of aliphatic imine (C=N–C) groups is 2. The molecule has 4 heteroatoms. The van der Waals surface area contributed by atoms with Crippen molar-refractivity contribution >= 4 is 34.7 Å². The zero-order chi connectivity index (χ0) is 31.2. The lowest BCUT2D eigenvalue weighted by Crippen LogP contribution is -2.36. The number of nitrogens with one attached hydrogen (secondary N) is 1. The third-order valence-electron chi connectivity index (χ3n) is 9.70. The van der Waals surface area contributed by atoms with E-state index < -0.39 is 0 Å². The first-order valence-electron chi connectivity index (χ1n) is 16.5. The van der Waals surface area contributed by atoms with Gasteiger partial charge in [-0.05, 0) is 59.7 Å². The van der Waals surface area contributed by atoms with E-state index in [4.69, 9.17) is 9.98 Å². The summed E-state index contributed by atoms with van der Waals surface area (Å²) in [6.07, 6.45) is 11.9. The van der Waals surface area contributed by atoms with Crippen molar-refractivity contribution in [2.45, 2.75) is 31.3 Å². The summed E-state index contributed by atoms with van der Waals surface area (Å²) in [6.45, 7) is 0. The zero-order valence-electron chi connectivity index (χ0n) is 26.1. The first-order valence-corrected chi connectivity index (χ1v) is 16.5. The van der Waals surface area contributed by atoms with Gasteiger partial charge in [-0.3, -0.25) is 0 Å². The monoisotopic (exact) mass is 606 g/mol. The summed E-state index contributed by atoms with van der Waals surface area (Å²) in [5.41, 5.74) is 12.4. The Labute approximate surface area is 275 Å². The van der Waals surface area contributed by atoms with Gasteiger partial charge in [-0.15, -0.1) is 0 Å². The standard InChI is InChI=1S/C43H34N4/c1-4-15-29(16-5-1)32-24-14-25-36-35-23-12-13-26-38(35)47(40(32)36)39-28-27-37(33-21-10-11-22-34(33)39)43-45-41(30-17-6-2-7-18-30)44-42(46-43)31-19-8-3-9-20-31/h1-10,12-21,23,25-28,32,41H,11,22,24H2,(H,44,45,46). The van der Waals surface area contributed by atoms with Gasteiger partial charge in [0.15, 0.2) is 6.17 Å². The van der Waals surface area contributed by atoms with Crippen LogP contribution in [0.4, 0.5) is 0 Å². The maximum Gasteiger partial charge on any atom is 0.169 e. The van der Waals surface area contributed by atoms with E-state index in [0.717, 1.165) is 47.6 Å². The van der Waals surface area contributed by atoms with Crippen molar-refractivity contribution in [1.29, 1.82) is 0 Å². The number of nitrogens with zero attached hydrogens (tertiary/aromatic N) is 3. The molecule has 2 heterocycles. The molecule has 0 fully saturated rings. The molecule has 0 saturated heterocycles. The van der Waals surface area contributed by atoms with Crippen LogP contribution in [0.3, 0.4) is 0 Å². The van der Waals surface area contributed by atoms with E-state index in [1.165, 1.54) is 44.5 Å². The van der Waals surface area contributed by atoms with Crippen molar-refractivity contribution in [3.05, 3.63) is 184 Å². The van der Waals surface area contributed by atoms with Gasteiger partial charge in [0.05, 0.1) is 5.52 Å². The Morgan fingerprint density at radius 3 is 2.11 bits per heavy atom. The van der Waals surface area contributed by atoms with Gasteiger partial charge >= 0.3 is 0 Å². The molecule has 0 saturated carbocycles. The van der Waals surface area contributed by atoms with Crippen LogP contribution in [0.1, 0.15) is 69.6 Å². The van der Waals surface area contributed by atoms with Gasteiger partial charge in [0.1, 0.15) is 11.7 Å². The van der Waals surface area contributed by atoms with Gasteiger partial charge in [0.25, 0.3) is 0 Å². The Hall–Kier alpha value is -5.74. The number of hydrogen-bond acceptors (Lipinski definition) is 3. The van der Waals surface area contributed by atoms with E-state index in [9.17, 15) is 0 Å². The predicted octanol–water partition coefficient (Wildman–Crippen LogP) is 9.63. The third kappa shape index (κ3) is 4.76. The summed E-state index contributed by atoms with van der Waals surface area (Å²) in [7, 11) is 0. The minimum Gasteiger partial charge on any atom is -0.324 e. The molecule has 0 bridgehead atoms. The number of para-hydroxylation sites is 1. The van der Waals surface area contributed by atoms with Crippen LogP contribution in [-0.4, -0.2) is 16.2 Å². The highest BCUT2D eigenvalue weighted by molar-refractivity contribution is 6.17. The van der Waals surface area contributed by atoms with Crippen LogP contribution in [0.2, 0.25) is 0 Å². The quantitative estimate of drug-likeness (QED) is 0.209. The highest BCUT2D eigenvalue weighted by atomic mass is 15.2. The third-order valence-corrected chi connectivity index (χ3v) is 9.70. The molecular formula is C43H34N4. The minimum atomic E-state index is -0.329. The lowest BCUT2D eigenvalue weighted by atomic mass is 9.85. The molecule has 4 nitrogen and oxygen atoms in total. The van der Waals surface area contributed by atoms with Crippen LogP contribution in [0, 0.1) is 0 Å². The molecular weight excluding hydrogens is 573 g/mol. The van der Waals surface area contributed by atoms with E-state index in [2.05, 4.69) is 149 Å². The van der Waals surface area contributed by atoms with E-state index in [-0.39, 0.29) is 12.1 Å². The van der Waals surface area contributed by atoms with Crippen molar-refractivity contribution in [3.8, 4) is 5.69 Å². The van der Waals surface area contributed by atoms with Gasteiger partial charge in [-0.2, -0.15) is 0 Å². The Balaban J connectivity index is 1.23. The molecule has 5 aromatic carbocycles. The molecule has 1 N–H and O–H groups in total. The molecule has 1 aromatic heterocycles. The molecule has 0 spiro atoms. The maximum atomic E-state index is 5.24. The van der Waals surface area contributed by atoms with Crippen LogP contribution in [0.15, 0.2) is 150 Å². The molecule has 1 aliphatic heterocycles. The maximum absolute atomic E-state index is 5.24. The van der Waals surface area contributed by atoms with Crippen molar-refractivity contribution in [1.82, 2.24) is 9.88 Å². The number of allylic oxidation sites excluding steroid dienone is 2. The smallest absolute Gasteiger partial charge is 0.169 e. The highest BCUT2D eigenvalue weighted by Gasteiger charge is 2.30. The molecule has 3 aliphatic rings. The molecule has 6 aromatic rings. The first-order chi connectivity index (χ1) is 23.3. The van der Waals surface area contributed by atoms with Crippen molar-refractivity contribution in [2.75, 3.05) is 0 Å². The Kier molecular flexibility index (Phi) is 6.78. The summed E-state index contributed by atoms with van der Waals surface area (Å²) >= 11 is 0. The number of hydrogen-bond donors (Lipinski definition) is 1. The number of aromatic nitrogens is 1. The van der Waals surface area contributed by atoms with Gasteiger partial charge in [-0.25, -0.2) is 9.98 Å². The summed E-state index contributed by atoms with van der Waals surface area (Å²) < 4.78 is 2.56. The van der Waals surface area contributed by atoms with Crippen molar-refractivity contribution < 1.29 is 0 Å². The average molecular weight is 607 g/mol. The van der Waals surface area contributed by atoms with Gasteiger partial charge < -0.3 is 9.88 Å². The van der Waals surface area contributed by atoms with Crippen LogP contribution in [0.25, 0.3) is 28.7 Å². The fourth-order valence-corrected chi connectivity index (χ4v) is 7.53. The fourth-order valence-electron chi connectivity index (χ4n) is 7.53. The fraction of sp³-hybridized carbons (Fsp3) is 0.116. The Bertz CT molecular complexity index is 2240. The number of rotatable bonds is 5. The molecule has 0 radical (unpaired) electrons. The van der Waals surface area contributed by atoms with Gasteiger partial charge in [-0.1, -0.05) is 133 Å². The second kappa shape index (κ2) is 11.6. The summed E-state index contributed by atoms with van der Waals surface area (Å²) in [6, 6.07) is 45.2. The van der Waals surface area contributed by atoms with Crippen LogP contribution in [-0.2, 0) is 6.42 Å². The first kappa shape index (κ1) is 27.6. The van der Waals surface area contributed by atoms with E-state index in [1.807, 2.05) is 12.1 Å². The Morgan fingerprint density at radius 2 is 1.30 bits per heavy atom. The van der Waals surface area contributed by atoms with E-state index in [1.54, 1.807) is 0 Å². The van der Waals surface area contributed by atoms with E-state index >= 15 is 0 Å². The summed E-state index contributed by atoms with van der Waals surface area (Å²) in [4.78, 5) is 10.3. The molecule has 0 amide bonds. The van der Waals surface area contributed by atoms with Gasteiger partial charge in [0.2, 0.25) is 0 Å². The molecule has 2 atom stereocenters. The van der Waals surface area contributed by atoms with Crippen molar-refractivity contribution in [3.63, 3.8) is 0 Å². The van der Waals surface area contributed by atoms with Gasteiger partial charge in [0, 0.05) is 39.4 Å². The minimum absolute atomic E-state index is 0.277. The van der Waals surface area contributed by atoms with E-state index in [0.29, 0.717) is 0 Å². The molecule has 47 heavy (non-hydrogen) atoms. The lowest BCUT2D eigenvalue weighted by molar-refractivity contribution is 0.754. The second-order valence-corrected chi connectivity index (χ2v) is 12.4. The topological polar surface area (TPSA) is 41.7 Å². The zero-order valence-corrected chi connectivity index (χ0v) is 26.1. The number of benzene rings is 5. The SMILES string of the molecule is C1=Cc2c(C3=NC(c4ccccc4)N=C(c4ccccc4)N3)ccc(-n3c4c(c5ccccc53)C=CCC4c3ccccc3)c2CC1. The average Bonchev–Trinajstić information content (AvgIpc) is 3.50. The highest BCUT2D eigenvalue weighted by Crippen LogP contribution is 2.44. The summed E-state index contributed by atoms with van der Waals surface area (Å²) in [5, 5.41) is 4.95. The van der Waals surface area contributed by atoms with Crippen molar-refractivity contribution in [2.24, 2.45) is 9.98 Å². The Morgan fingerprint density at radius 1 is 0.617 bits per heavy atom. The molecule has 2 aliphatic carbocycles. The molecule has 226 valence electrons. The normalized spacial score (nSPS) is 18.2. The van der Waals surface area contributed by atoms with Crippen LogP contribution in [0.5, 0.6) is 0 Å². The molecule has 2 unspecified atom stereocenters. The number of fused-ring (bicyclic) bond motifs is 4. The largest absolute Gasteiger partial charge is 0.324 e. The molecule has 9 rings (SSSR count). The van der Waals surface area contributed by atoms with Crippen LogP contribution < -0.4 is 5.32 Å². The summed E-state index contributed by atoms with van der Waals surface area (Å²) in [5.74, 6) is 1.97. The van der Waals surface area contributed by atoms with Crippen LogP contribution >= 0.6 is 0 Å². The predicted molar refractivity (Wildman–Crippen MR) is 194 cm³/mol.